The Balaban J connectivity index is 1.58. The topological polar surface area (TPSA) is 91.4 Å². The summed E-state index contributed by atoms with van der Waals surface area (Å²) in [6.07, 6.45) is 1.51. The molecule has 2 N–H and O–H groups in total. The molecule has 0 radical (unpaired) electrons. The second kappa shape index (κ2) is 8.60. The number of halogens is 3. The first-order valence-corrected chi connectivity index (χ1v) is 10.2. The van der Waals surface area contributed by atoms with Gasteiger partial charge in [0, 0.05) is 31.4 Å². The number of likely N-dealkylation sites (tertiary alicyclic amines) is 1. The lowest BCUT2D eigenvalue weighted by molar-refractivity contribution is -0.145. The van der Waals surface area contributed by atoms with Crippen LogP contribution in [0.1, 0.15) is 37.3 Å². The third-order valence-electron chi connectivity index (χ3n) is 5.61. The number of hydrogen-bond acceptors (Lipinski definition) is 4. The lowest BCUT2D eigenvalue weighted by Gasteiger charge is -2.38. The van der Waals surface area contributed by atoms with E-state index in [0.717, 1.165) is 12.3 Å². The van der Waals surface area contributed by atoms with Crippen molar-refractivity contribution in [1.82, 2.24) is 15.2 Å². The molecule has 2 fully saturated rings. The summed E-state index contributed by atoms with van der Waals surface area (Å²) in [6, 6.07) is 6.59. The Labute approximate surface area is 182 Å². The van der Waals surface area contributed by atoms with Crippen LogP contribution in [0.4, 0.5) is 18.9 Å². The van der Waals surface area contributed by atoms with Gasteiger partial charge in [-0.2, -0.15) is 0 Å². The van der Waals surface area contributed by atoms with Gasteiger partial charge in [0.2, 0.25) is 17.7 Å². The van der Waals surface area contributed by atoms with E-state index < -0.39 is 60.4 Å². The van der Waals surface area contributed by atoms with Crippen molar-refractivity contribution in [2.24, 2.45) is 0 Å². The van der Waals surface area contributed by atoms with Crippen LogP contribution in [0.15, 0.2) is 48.8 Å². The molecule has 3 amide bonds. The largest absolute Gasteiger partial charge is 0.351 e. The maximum atomic E-state index is 13.4. The minimum absolute atomic E-state index is 0.0393. The molecule has 0 bridgehead atoms. The van der Waals surface area contributed by atoms with Crippen LogP contribution in [0.2, 0.25) is 0 Å². The zero-order valence-electron chi connectivity index (χ0n) is 16.9. The van der Waals surface area contributed by atoms with Crippen molar-refractivity contribution in [2.75, 3.05) is 5.32 Å². The number of hydrogen-bond donors (Lipinski definition) is 2. The number of benzene rings is 1. The van der Waals surface area contributed by atoms with Crippen LogP contribution in [0.3, 0.4) is 0 Å². The molecule has 2 aliphatic rings. The molecular formula is C22H21F3N4O3. The Hall–Kier alpha value is -3.43. The van der Waals surface area contributed by atoms with Crippen molar-refractivity contribution in [2.45, 2.75) is 49.7 Å². The molecule has 1 saturated carbocycles. The Bertz CT molecular complexity index is 1030. The molecule has 2 aromatic rings. The van der Waals surface area contributed by atoms with E-state index in [2.05, 4.69) is 15.6 Å². The average Bonchev–Trinajstić information content (AvgIpc) is 3.09. The molecular weight excluding hydrogens is 425 g/mol. The van der Waals surface area contributed by atoms with E-state index in [1.165, 1.54) is 11.1 Å². The monoisotopic (exact) mass is 446 g/mol. The van der Waals surface area contributed by atoms with Gasteiger partial charge in [-0.25, -0.2) is 13.2 Å². The van der Waals surface area contributed by atoms with Crippen molar-refractivity contribution in [3.8, 4) is 0 Å². The van der Waals surface area contributed by atoms with E-state index in [9.17, 15) is 27.6 Å². The van der Waals surface area contributed by atoms with Gasteiger partial charge in [-0.15, -0.1) is 0 Å². The second-order valence-corrected chi connectivity index (χ2v) is 8.02. The second-order valence-electron chi connectivity index (χ2n) is 8.02. The first-order valence-electron chi connectivity index (χ1n) is 10.2. The van der Waals surface area contributed by atoms with E-state index in [1.807, 2.05) is 0 Å². The van der Waals surface area contributed by atoms with Crippen LogP contribution in [0.25, 0.3) is 0 Å². The molecule has 2 heterocycles. The standard InChI is InChI=1S/C22H21F3N4O3/c23-14-8-15(12-26-11-14)27-20(31)17-6-7-18(30)29(17)19(13-4-2-1-3-5-13)21(32)28-16-9-22(24,25)10-16/h1-5,8,11-12,16-17,19H,6-7,9-10H2,(H,27,31)(H,28,32)/t17?,19-/m0/s1. The Morgan fingerprint density at radius 1 is 1.16 bits per heavy atom. The minimum atomic E-state index is -2.81. The molecule has 168 valence electrons. The zero-order valence-corrected chi connectivity index (χ0v) is 16.9. The summed E-state index contributed by atoms with van der Waals surface area (Å²) < 4.78 is 39.9. The van der Waals surface area contributed by atoms with Crippen LogP contribution >= 0.6 is 0 Å². The number of nitrogens with one attached hydrogen (secondary N) is 2. The third-order valence-corrected chi connectivity index (χ3v) is 5.61. The third kappa shape index (κ3) is 4.58. The highest BCUT2D eigenvalue weighted by molar-refractivity contribution is 6.01. The van der Waals surface area contributed by atoms with E-state index in [-0.39, 0.29) is 18.5 Å². The van der Waals surface area contributed by atoms with E-state index in [0.29, 0.717) is 5.56 Å². The summed E-state index contributed by atoms with van der Waals surface area (Å²) in [4.78, 5) is 43.7. The van der Waals surface area contributed by atoms with Crippen molar-refractivity contribution < 1.29 is 27.6 Å². The molecule has 7 nitrogen and oxygen atoms in total. The van der Waals surface area contributed by atoms with Crippen LogP contribution in [0, 0.1) is 5.82 Å². The SMILES string of the molecule is O=C(Nc1cncc(F)c1)C1CCC(=O)N1[C@H](C(=O)NC1CC(F)(F)C1)c1ccccc1. The Morgan fingerprint density at radius 3 is 2.53 bits per heavy atom. The van der Waals surface area contributed by atoms with Gasteiger partial charge in [0.1, 0.15) is 17.9 Å². The Morgan fingerprint density at radius 2 is 1.88 bits per heavy atom. The molecule has 4 rings (SSSR count). The Kier molecular flexibility index (Phi) is 5.86. The first-order chi connectivity index (χ1) is 15.2. The molecule has 1 aliphatic heterocycles. The normalized spacial score (nSPS) is 21.0. The van der Waals surface area contributed by atoms with E-state index in [1.54, 1.807) is 30.3 Å². The number of anilines is 1. The van der Waals surface area contributed by atoms with Gasteiger partial charge in [-0.05, 0) is 12.0 Å². The number of nitrogens with zero attached hydrogens (tertiary/aromatic N) is 2. The minimum Gasteiger partial charge on any atom is -0.351 e. The van der Waals surface area contributed by atoms with Gasteiger partial charge in [0.05, 0.1) is 18.1 Å². The molecule has 0 spiro atoms. The number of carbonyl (C=O) groups excluding carboxylic acids is 3. The molecule has 1 aliphatic carbocycles. The van der Waals surface area contributed by atoms with Gasteiger partial charge in [0.15, 0.2) is 0 Å². The quantitative estimate of drug-likeness (QED) is 0.714. The summed E-state index contributed by atoms with van der Waals surface area (Å²) in [5.41, 5.74) is 0.572. The molecule has 1 saturated heterocycles. The molecule has 2 atom stereocenters. The molecule has 32 heavy (non-hydrogen) atoms. The molecule has 1 unspecified atom stereocenters. The number of rotatable bonds is 6. The maximum absolute atomic E-state index is 13.4. The maximum Gasteiger partial charge on any atom is 0.252 e. The summed E-state index contributed by atoms with van der Waals surface area (Å²) in [7, 11) is 0. The highest BCUT2D eigenvalue weighted by Gasteiger charge is 2.48. The predicted molar refractivity (Wildman–Crippen MR) is 108 cm³/mol. The van der Waals surface area contributed by atoms with Gasteiger partial charge >= 0.3 is 0 Å². The van der Waals surface area contributed by atoms with Gasteiger partial charge in [-0.3, -0.25) is 19.4 Å². The van der Waals surface area contributed by atoms with E-state index >= 15 is 0 Å². The number of pyridine rings is 1. The van der Waals surface area contributed by atoms with Gasteiger partial charge < -0.3 is 15.5 Å². The van der Waals surface area contributed by atoms with Gasteiger partial charge in [0.25, 0.3) is 5.92 Å². The highest BCUT2D eigenvalue weighted by Crippen LogP contribution is 2.38. The number of amides is 3. The summed E-state index contributed by atoms with van der Waals surface area (Å²) in [6.45, 7) is 0. The smallest absolute Gasteiger partial charge is 0.252 e. The highest BCUT2D eigenvalue weighted by atomic mass is 19.3. The zero-order chi connectivity index (χ0) is 22.9. The number of carbonyl (C=O) groups is 3. The molecule has 1 aromatic carbocycles. The fourth-order valence-electron chi connectivity index (χ4n) is 4.11. The van der Waals surface area contributed by atoms with Crippen molar-refractivity contribution in [1.29, 1.82) is 0 Å². The van der Waals surface area contributed by atoms with Crippen LogP contribution in [0.5, 0.6) is 0 Å². The fraction of sp³-hybridized carbons (Fsp3) is 0.364. The van der Waals surface area contributed by atoms with E-state index in [4.69, 9.17) is 0 Å². The molecule has 10 heteroatoms. The first kappa shape index (κ1) is 21.8. The summed E-state index contributed by atoms with van der Waals surface area (Å²) in [5, 5.41) is 5.11. The van der Waals surface area contributed by atoms with Gasteiger partial charge in [-0.1, -0.05) is 30.3 Å². The lowest BCUT2D eigenvalue weighted by Crippen LogP contribution is -2.55. The average molecular weight is 446 g/mol. The number of aromatic nitrogens is 1. The summed E-state index contributed by atoms with van der Waals surface area (Å²) in [5.74, 6) is -5.08. The lowest BCUT2D eigenvalue weighted by atomic mass is 9.87. The predicted octanol–water partition coefficient (Wildman–Crippen LogP) is 2.81. The van der Waals surface area contributed by atoms with Crippen molar-refractivity contribution in [3.63, 3.8) is 0 Å². The number of alkyl halides is 2. The fourth-order valence-corrected chi connectivity index (χ4v) is 4.11. The summed E-state index contributed by atoms with van der Waals surface area (Å²) >= 11 is 0. The van der Waals surface area contributed by atoms with Crippen molar-refractivity contribution in [3.05, 3.63) is 60.2 Å². The van der Waals surface area contributed by atoms with Crippen LogP contribution in [-0.2, 0) is 14.4 Å². The van der Waals surface area contributed by atoms with Crippen molar-refractivity contribution >= 4 is 23.4 Å². The van der Waals surface area contributed by atoms with Crippen LogP contribution in [-0.4, -0.2) is 45.6 Å². The van der Waals surface area contributed by atoms with Crippen LogP contribution < -0.4 is 10.6 Å². The molecule has 1 aromatic heterocycles.